The van der Waals surface area contributed by atoms with E-state index in [-0.39, 0.29) is 5.91 Å². The molecule has 1 aliphatic rings. The number of rotatable bonds is 2. The highest BCUT2D eigenvalue weighted by atomic mass is 35.5. The van der Waals surface area contributed by atoms with Crippen LogP contribution < -0.4 is 5.32 Å². The van der Waals surface area contributed by atoms with Crippen LogP contribution in [0.5, 0.6) is 0 Å². The fourth-order valence-corrected chi connectivity index (χ4v) is 2.32. The Morgan fingerprint density at radius 3 is 2.94 bits per heavy atom. The molecule has 0 bridgehead atoms. The maximum Gasteiger partial charge on any atom is 0.254 e. The predicted octanol–water partition coefficient (Wildman–Crippen LogP) is 2.08. The number of likely N-dealkylation sites (N-methyl/N-ethyl adjacent to an activating group) is 1. The number of nitrogens with zero attached hydrogens (tertiary/aromatic N) is 1. The number of amides is 1. The van der Waals surface area contributed by atoms with E-state index in [0.717, 1.165) is 25.1 Å². The van der Waals surface area contributed by atoms with Gasteiger partial charge >= 0.3 is 0 Å². The Labute approximate surface area is 107 Å². The van der Waals surface area contributed by atoms with Crippen molar-refractivity contribution in [2.45, 2.75) is 19.4 Å². The minimum atomic E-state index is 0.0544. The first-order chi connectivity index (χ1) is 8.09. The Hall–Kier alpha value is -1.06. The van der Waals surface area contributed by atoms with Crippen molar-refractivity contribution in [2.75, 3.05) is 20.1 Å². The molecule has 0 saturated carbocycles. The van der Waals surface area contributed by atoms with Crippen molar-refractivity contribution in [3.8, 4) is 0 Å². The van der Waals surface area contributed by atoms with Gasteiger partial charge < -0.3 is 10.2 Å². The first-order valence-electron chi connectivity index (χ1n) is 5.83. The SMILES string of the molecule is Cc1ccc(Cl)cc1C(=O)N(C)C1CCNC1. The minimum absolute atomic E-state index is 0.0544. The molecule has 0 aliphatic carbocycles. The molecule has 3 nitrogen and oxygen atoms in total. The molecule has 1 atom stereocenters. The molecule has 0 radical (unpaired) electrons. The first kappa shape index (κ1) is 12.4. The third-order valence-corrected chi connectivity index (χ3v) is 3.57. The zero-order chi connectivity index (χ0) is 12.4. The molecule has 1 aliphatic heterocycles. The van der Waals surface area contributed by atoms with E-state index in [9.17, 15) is 4.79 Å². The highest BCUT2D eigenvalue weighted by Gasteiger charge is 2.24. The molecule has 1 N–H and O–H groups in total. The van der Waals surface area contributed by atoms with Crippen LogP contribution in [-0.4, -0.2) is 37.0 Å². The van der Waals surface area contributed by atoms with Crippen molar-refractivity contribution in [1.29, 1.82) is 0 Å². The van der Waals surface area contributed by atoms with Gasteiger partial charge in [0.25, 0.3) is 5.91 Å². The fraction of sp³-hybridized carbons (Fsp3) is 0.462. The number of aryl methyl sites for hydroxylation is 1. The number of carbonyl (C=O) groups excluding carboxylic acids is 1. The maximum atomic E-state index is 12.3. The highest BCUT2D eigenvalue weighted by Crippen LogP contribution is 2.18. The standard InChI is InChI=1S/C13H17ClN2O/c1-9-3-4-10(14)7-12(9)13(17)16(2)11-5-6-15-8-11/h3-4,7,11,15H,5-6,8H2,1-2H3. The van der Waals surface area contributed by atoms with E-state index in [2.05, 4.69) is 5.32 Å². The van der Waals surface area contributed by atoms with Gasteiger partial charge in [-0.25, -0.2) is 0 Å². The van der Waals surface area contributed by atoms with E-state index >= 15 is 0 Å². The lowest BCUT2D eigenvalue weighted by molar-refractivity contribution is 0.0743. The summed E-state index contributed by atoms with van der Waals surface area (Å²) in [6.45, 7) is 3.79. The summed E-state index contributed by atoms with van der Waals surface area (Å²) in [4.78, 5) is 14.2. The second-order valence-corrected chi connectivity index (χ2v) is 4.96. The van der Waals surface area contributed by atoms with Gasteiger partial charge in [-0.3, -0.25) is 4.79 Å². The van der Waals surface area contributed by atoms with Gasteiger partial charge in [0.2, 0.25) is 0 Å². The van der Waals surface area contributed by atoms with Crippen LogP contribution in [0.15, 0.2) is 18.2 Å². The zero-order valence-electron chi connectivity index (χ0n) is 10.2. The summed E-state index contributed by atoms with van der Waals surface area (Å²) in [5.74, 6) is 0.0544. The molecule has 1 saturated heterocycles. The molecule has 1 fully saturated rings. The quantitative estimate of drug-likeness (QED) is 0.874. The van der Waals surface area contributed by atoms with Crippen molar-refractivity contribution in [3.05, 3.63) is 34.3 Å². The Kier molecular flexibility index (Phi) is 3.69. The van der Waals surface area contributed by atoms with E-state index in [1.165, 1.54) is 0 Å². The maximum absolute atomic E-state index is 12.3. The Morgan fingerprint density at radius 1 is 1.53 bits per heavy atom. The van der Waals surface area contributed by atoms with E-state index in [1.807, 2.05) is 31.0 Å². The molecular formula is C13H17ClN2O. The van der Waals surface area contributed by atoms with Crippen molar-refractivity contribution in [1.82, 2.24) is 10.2 Å². The van der Waals surface area contributed by atoms with Crippen LogP contribution in [0.25, 0.3) is 0 Å². The van der Waals surface area contributed by atoms with Crippen molar-refractivity contribution in [3.63, 3.8) is 0 Å². The lowest BCUT2D eigenvalue weighted by Gasteiger charge is -2.24. The summed E-state index contributed by atoms with van der Waals surface area (Å²) in [5, 5.41) is 3.87. The largest absolute Gasteiger partial charge is 0.337 e. The van der Waals surface area contributed by atoms with Gasteiger partial charge in [-0.05, 0) is 37.6 Å². The number of nitrogens with one attached hydrogen (secondary N) is 1. The molecule has 1 unspecified atom stereocenters. The Bertz CT molecular complexity index is 427. The average Bonchev–Trinajstić information content (AvgIpc) is 2.84. The number of carbonyl (C=O) groups is 1. The summed E-state index contributed by atoms with van der Waals surface area (Å²) in [5.41, 5.74) is 1.67. The second-order valence-electron chi connectivity index (χ2n) is 4.52. The van der Waals surface area contributed by atoms with Gasteiger partial charge in [-0.1, -0.05) is 17.7 Å². The lowest BCUT2D eigenvalue weighted by Crippen LogP contribution is -2.38. The molecule has 92 valence electrons. The van der Waals surface area contributed by atoms with Crippen LogP contribution in [0.3, 0.4) is 0 Å². The molecule has 1 heterocycles. The van der Waals surface area contributed by atoms with Gasteiger partial charge in [-0.2, -0.15) is 0 Å². The topological polar surface area (TPSA) is 32.3 Å². The lowest BCUT2D eigenvalue weighted by atomic mass is 10.1. The molecule has 4 heteroatoms. The van der Waals surface area contributed by atoms with Crippen LogP contribution in [-0.2, 0) is 0 Å². The molecule has 1 aromatic carbocycles. The third kappa shape index (κ3) is 2.61. The van der Waals surface area contributed by atoms with Gasteiger partial charge in [0, 0.05) is 30.2 Å². The number of hydrogen-bond donors (Lipinski definition) is 1. The number of hydrogen-bond acceptors (Lipinski definition) is 2. The van der Waals surface area contributed by atoms with Crippen molar-refractivity contribution in [2.24, 2.45) is 0 Å². The number of benzene rings is 1. The van der Waals surface area contributed by atoms with E-state index in [4.69, 9.17) is 11.6 Å². The van der Waals surface area contributed by atoms with Crippen LogP contribution in [0.4, 0.5) is 0 Å². The van der Waals surface area contributed by atoms with E-state index < -0.39 is 0 Å². The zero-order valence-corrected chi connectivity index (χ0v) is 10.9. The van der Waals surface area contributed by atoms with Crippen molar-refractivity contribution >= 4 is 17.5 Å². The molecule has 0 spiro atoms. The summed E-state index contributed by atoms with van der Waals surface area (Å²) >= 11 is 5.94. The normalized spacial score (nSPS) is 19.4. The summed E-state index contributed by atoms with van der Waals surface area (Å²) in [6.07, 6.45) is 1.02. The van der Waals surface area contributed by atoms with Gasteiger partial charge in [0.05, 0.1) is 0 Å². The van der Waals surface area contributed by atoms with Crippen LogP contribution in [0.2, 0.25) is 5.02 Å². The van der Waals surface area contributed by atoms with Gasteiger partial charge in [0.15, 0.2) is 0 Å². The summed E-state index contributed by atoms with van der Waals surface area (Å²) in [7, 11) is 1.86. The van der Waals surface area contributed by atoms with Crippen LogP contribution >= 0.6 is 11.6 Å². The fourth-order valence-electron chi connectivity index (χ4n) is 2.15. The highest BCUT2D eigenvalue weighted by molar-refractivity contribution is 6.31. The van der Waals surface area contributed by atoms with Gasteiger partial charge in [0.1, 0.15) is 0 Å². The van der Waals surface area contributed by atoms with Crippen LogP contribution in [0, 0.1) is 6.92 Å². The molecule has 17 heavy (non-hydrogen) atoms. The van der Waals surface area contributed by atoms with Crippen molar-refractivity contribution < 1.29 is 4.79 Å². The number of halogens is 1. The Balaban J connectivity index is 2.20. The average molecular weight is 253 g/mol. The second kappa shape index (κ2) is 5.07. The molecule has 1 aromatic rings. The summed E-state index contributed by atoms with van der Waals surface area (Å²) in [6, 6.07) is 5.74. The monoisotopic (exact) mass is 252 g/mol. The van der Waals surface area contributed by atoms with Crippen LogP contribution in [0.1, 0.15) is 22.3 Å². The smallest absolute Gasteiger partial charge is 0.254 e. The molecule has 2 rings (SSSR count). The van der Waals surface area contributed by atoms with E-state index in [0.29, 0.717) is 16.6 Å². The third-order valence-electron chi connectivity index (χ3n) is 3.33. The molecular weight excluding hydrogens is 236 g/mol. The molecule has 1 amide bonds. The Morgan fingerprint density at radius 2 is 2.29 bits per heavy atom. The van der Waals surface area contributed by atoms with E-state index in [1.54, 1.807) is 6.07 Å². The first-order valence-corrected chi connectivity index (χ1v) is 6.21. The minimum Gasteiger partial charge on any atom is -0.337 e. The summed E-state index contributed by atoms with van der Waals surface area (Å²) < 4.78 is 0. The molecule has 0 aromatic heterocycles. The van der Waals surface area contributed by atoms with Gasteiger partial charge in [-0.15, -0.1) is 0 Å². The predicted molar refractivity (Wildman–Crippen MR) is 69.6 cm³/mol.